The summed E-state index contributed by atoms with van der Waals surface area (Å²) in [6.07, 6.45) is 1.90. The number of oxazole rings is 1. The fourth-order valence-electron chi connectivity index (χ4n) is 3.33. The van der Waals surface area contributed by atoms with Crippen molar-refractivity contribution < 1.29 is 38.1 Å². The van der Waals surface area contributed by atoms with Crippen LogP contribution < -0.4 is 26.4 Å². The van der Waals surface area contributed by atoms with Crippen LogP contribution in [0.5, 0.6) is 5.75 Å². The van der Waals surface area contributed by atoms with E-state index in [0.29, 0.717) is 40.4 Å². The lowest BCUT2D eigenvalue weighted by molar-refractivity contribution is -0.149. The van der Waals surface area contributed by atoms with E-state index in [2.05, 4.69) is 20.9 Å². The molecular formula is C26H31N5O8. The Morgan fingerprint density at radius 2 is 1.90 bits per heavy atom. The number of urea groups is 1. The Morgan fingerprint density at radius 3 is 2.56 bits per heavy atom. The zero-order chi connectivity index (χ0) is 28.2. The van der Waals surface area contributed by atoms with Gasteiger partial charge in [0, 0.05) is 24.0 Å². The van der Waals surface area contributed by atoms with Gasteiger partial charge < -0.3 is 45.4 Å². The number of rotatable bonds is 12. The summed E-state index contributed by atoms with van der Waals surface area (Å²) in [5.41, 5.74) is 7.79. The summed E-state index contributed by atoms with van der Waals surface area (Å²) in [7, 11) is 1.51. The lowest BCUT2D eigenvalue weighted by Gasteiger charge is -2.18. The predicted molar refractivity (Wildman–Crippen MR) is 141 cm³/mol. The number of amides is 3. The minimum Gasteiger partial charge on any atom is -0.496 e. The summed E-state index contributed by atoms with van der Waals surface area (Å²) in [6.45, 7) is 1.17. The number of anilines is 2. The van der Waals surface area contributed by atoms with Gasteiger partial charge in [0.05, 0.1) is 25.5 Å². The smallest absolute Gasteiger partial charge is 0.407 e. The van der Waals surface area contributed by atoms with Crippen LogP contribution in [-0.2, 0) is 20.8 Å². The van der Waals surface area contributed by atoms with E-state index < -0.39 is 36.8 Å². The first-order chi connectivity index (χ1) is 18.8. The first kappa shape index (κ1) is 28.9. The number of esters is 1. The maximum absolute atomic E-state index is 12.6. The van der Waals surface area contributed by atoms with E-state index in [4.69, 9.17) is 29.5 Å². The Kier molecular flexibility index (Phi) is 10.7. The van der Waals surface area contributed by atoms with Crippen LogP contribution >= 0.6 is 0 Å². The number of aliphatic hydroxyl groups is 1. The summed E-state index contributed by atoms with van der Waals surface area (Å²) in [5, 5.41) is 17.0. The standard InChI is InChI=1S/C26H31N5O8/c1-3-19(14-37-24(33)21(27)13-32)39-26(35)29-11-16-5-4-6-17(9-16)30-25(34)31-18-7-8-20(22(10-18)36-2)23-12-28-15-38-23/h4-10,12,15,19,21,32H,3,11,13-14,27H2,1-2H3,(H,29,35)(H2,30,31,34)/t19?,21-/m1/s1. The second kappa shape index (κ2) is 14.4. The van der Waals surface area contributed by atoms with Gasteiger partial charge in [0.2, 0.25) is 0 Å². The van der Waals surface area contributed by atoms with Gasteiger partial charge in [0.15, 0.2) is 12.2 Å². The van der Waals surface area contributed by atoms with E-state index in [9.17, 15) is 14.4 Å². The Bertz CT molecular complexity index is 1250. The topological polar surface area (TPSA) is 187 Å². The second-order valence-electron chi connectivity index (χ2n) is 8.27. The molecule has 13 nitrogen and oxygen atoms in total. The average molecular weight is 542 g/mol. The summed E-state index contributed by atoms with van der Waals surface area (Å²) < 4.78 is 20.9. The number of methoxy groups -OCH3 is 1. The van der Waals surface area contributed by atoms with Crippen LogP contribution in [0.3, 0.4) is 0 Å². The Morgan fingerprint density at radius 1 is 1.13 bits per heavy atom. The summed E-state index contributed by atoms with van der Waals surface area (Å²) >= 11 is 0. The van der Waals surface area contributed by atoms with Crippen molar-refractivity contribution in [2.75, 3.05) is 31.0 Å². The molecule has 0 spiro atoms. The van der Waals surface area contributed by atoms with Crippen molar-refractivity contribution in [2.24, 2.45) is 5.73 Å². The number of aromatic nitrogens is 1. The Labute approximate surface area is 224 Å². The molecular weight excluding hydrogens is 510 g/mol. The van der Waals surface area contributed by atoms with E-state index in [-0.39, 0.29) is 13.2 Å². The quantitative estimate of drug-likeness (QED) is 0.213. The van der Waals surface area contributed by atoms with E-state index >= 15 is 0 Å². The van der Waals surface area contributed by atoms with E-state index in [1.54, 1.807) is 55.6 Å². The van der Waals surface area contributed by atoms with Crippen LogP contribution in [0.2, 0.25) is 0 Å². The van der Waals surface area contributed by atoms with Crippen molar-refractivity contribution in [1.82, 2.24) is 10.3 Å². The van der Waals surface area contributed by atoms with Gasteiger partial charge in [-0.1, -0.05) is 19.1 Å². The third-order valence-corrected chi connectivity index (χ3v) is 5.42. The van der Waals surface area contributed by atoms with Crippen LogP contribution in [0, 0.1) is 0 Å². The Balaban J connectivity index is 1.50. The van der Waals surface area contributed by atoms with Crippen molar-refractivity contribution in [1.29, 1.82) is 0 Å². The van der Waals surface area contributed by atoms with Crippen LogP contribution in [0.1, 0.15) is 18.9 Å². The molecule has 2 aromatic carbocycles. The zero-order valence-electron chi connectivity index (χ0n) is 21.5. The number of carbonyl (C=O) groups is 3. The number of benzene rings is 2. The number of nitrogens with two attached hydrogens (primary N) is 1. The molecule has 208 valence electrons. The van der Waals surface area contributed by atoms with Gasteiger partial charge in [-0.25, -0.2) is 14.6 Å². The highest BCUT2D eigenvalue weighted by molar-refractivity contribution is 6.00. The molecule has 0 aliphatic heterocycles. The SMILES string of the molecule is CCC(COC(=O)[C@H](N)CO)OC(=O)NCc1cccc(NC(=O)Nc2ccc(-c3cnco3)c(OC)c2)c1. The lowest BCUT2D eigenvalue weighted by atomic mass is 10.1. The second-order valence-corrected chi connectivity index (χ2v) is 8.27. The van der Waals surface area contributed by atoms with Crippen molar-refractivity contribution in [3.8, 4) is 17.1 Å². The van der Waals surface area contributed by atoms with Crippen LogP contribution in [0.25, 0.3) is 11.3 Å². The van der Waals surface area contributed by atoms with Gasteiger partial charge in [-0.2, -0.15) is 0 Å². The Hall–Kier alpha value is -4.62. The number of ether oxygens (including phenoxy) is 3. The van der Waals surface area contributed by atoms with Gasteiger partial charge in [-0.05, 0) is 36.2 Å². The zero-order valence-corrected chi connectivity index (χ0v) is 21.5. The summed E-state index contributed by atoms with van der Waals surface area (Å²) in [4.78, 5) is 40.2. The molecule has 1 heterocycles. The maximum Gasteiger partial charge on any atom is 0.407 e. The predicted octanol–water partition coefficient (Wildman–Crippen LogP) is 2.86. The van der Waals surface area contributed by atoms with Crippen molar-refractivity contribution in [3.63, 3.8) is 0 Å². The molecule has 3 rings (SSSR count). The molecule has 1 unspecified atom stereocenters. The number of carbonyl (C=O) groups excluding carboxylic acids is 3. The number of hydrogen-bond acceptors (Lipinski definition) is 10. The minimum absolute atomic E-state index is 0.127. The van der Waals surface area contributed by atoms with E-state index in [1.165, 1.54) is 13.5 Å². The average Bonchev–Trinajstić information content (AvgIpc) is 3.48. The first-order valence-corrected chi connectivity index (χ1v) is 12.0. The molecule has 0 saturated heterocycles. The van der Waals surface area contributed by atoms with Crippen molar-refractivity contribution >= 4 is 29.5 Å². The largest absolute Gasteiger partial charge is 0.496 e. The molecule has 6 N–H and O–H groups in total. The number of aliphatic hydroxyl groups excluding tert-OH is 1. The first-order valence-electron chi connectivity index (χ1n) is 12.0. The van der Waals surface area contributed by atoms with Crippen LogP contribution in [-0.4, -0.2) is 60.7 Å². The fraction of sp³-hybridized carbons (Fsp3) is 0.308. The van der Waals surface area contributed by atoms with Gasteiger partial charge >= 0.3 is 18.1 Å². The molecule has 0 fully saturated rings. The van der Waals surface area contributed by atoms with Gasteiger partial charge in [-0.15, -0.1) is 0 Å². The molecule has 0 radical (unpaired) electrons. The maximum atomic E-state index is 12.6. The fourth-order valence-corrected chi connectivity index (χ4v) is 3.33. The van der Waals surface area contributed by atoms with Gasteiger partial charge in [-0.3, -0.25) is 4.79 Å². The molecule has 3 amide bonds. The third kappa shape index (κ3) is 8.72. The highest BCUT2D eigenvalue weighted by Gasteiger charge is 2.19. The minimum atomic E-state index is -1.15. The molecule has 13 heteroatoms. The molecule has 2 atom stereocenters. The number of alkyl carbamates (subject to hydrolysis) is 1. The van der Waals surface area contributed by atoms with Gasteiger partial charge in [0.1, 0.15) is 24.5 Å². The van der Waals surface area contributed by atoms with Crippen LogP contribution in [0.4, 0.5) is 21.0 Å². The van der Waals surface area contributed by atoms with E-state index in [1.807, 2.05) is 0 Å². The normalized spacial score (nSPS) is 12.1. The molecule has 0 aliphatic carbocycles. The van der Waals surface area contributed by atoms with Gasteiger partial charge in [0.25, 0.3) is 0 Å². The third-order valence-electron chi connectivity index (χ3n) is 5.42. The summed E-state index contributed by atoms with van der Waals surface area (Å²) in [5.74, 6) is 0.256. The molecule has 3 aromatic rings. The van der Waals surface area contributed by atoms with E-state index in [0.717, 1.165) is 0 Å². The molecule has 0 bridgehead atoms. The van der Waals surface area contributed by atoms with Crippen LogP contribution in [0.15, 0.2) is 59.5 Å². The monoisotopic (exact) mass is 541 g/mol. The van der Waals surface area contributed by atoms with Crippen molar-refractivity contribution in [2.45, 2.75) is 32.0 Å². The lowest BCUT2D eigenvalue weighted by Crippen LogP contribution is -2.38. The molecule has 0 aliphatic rings. The van der Waals surface area contributed by atoms with Crippen molar-refractivity contribution in [3.05, 3.63) is 60.6 Å². The molecule has 0 saturated carbocycles. The number of nitrogens with zero attached hydrogens (tertiary/aromatic N) is 1. The molecule has 39 heavy (non-hydrogen) atoms. The number of nitrogens with one attached hydrogen (secondary N) is 3. The number of hydrogen-bond donors (Lipinski definition) is 5. The highest BCUT2D eigenvalue weighted by atomic mass is 16.6. The summed E-state index contributed by atoms with van der Waals surface area (Å²) in [6, 6.07) is 10.4. The molecule has 1 aromatic heterocycles. The highest BCUT2D eigenvalue weighted by Crippen LogP contribution is 2.32.